The van der Waals surface area contributed by atoms with Crippen molar-refractivity contribution in [2.24, 2.45) is 0 Å². The molecule has 1 aliphatic rings. The van der Waals surface area contributed by atoms with E-state index in [9.17, 15) is 0 Å². The number of aliphatic hydroxyl groups excluding tert-OH is 1. The normalized spacial score (nSPS) is 15.6. The average Bonchev–Trinajstić information content (AvgIpc) is 3.02. The van der Waals surface area contributed by atoms with Gasteiger partial charge >= 0.3 is 0 Å². The second-order valence-corrected chi connectivity index (χ2v) is 7.70. The number of hydrogen-bond acceptors (Lipinski definition) is 6. The van der Waals surface area contributed by atoms with E-state index in [4.69, 9.17) is 9.52 Å². The Morgan fingerprint density at radius 2 is 2.24 bits per heavy atom. The number of hydrogen-bond donors (Lipinski definition) is 1. The molecule has 21 heavy (non-hydrogen) atoms. The Morgan fingerprint density at radius 3 is 2.86 bits per heavy atom. The summed E-state index contributed by atoms with van der Waals surface area (Å²) < 4.78 is 6.83. The van der Waals surface area contributed by atoms with Gasteiger partial charge in [0.2, 0.25) is 5.89 Å². The molecule has 0 aliphatic heterocycles. The largest absolute Gasteiger partial charge is 0.419 e. The molecular formula is C14H18BrN3O2S. The van der Waals surface area contributed by atoms with E-state index in [1.54, 1.807) is 11.3 Å². The maximum Gasteiger partial charge on any atom is 0.257 e. The van der Waals surface area contributed by atoms with Crippen molar-refractivity contribution in [3.8, 4) is 10.8 Å². The lowest BCUT2D eigenvalue weighted by Crippen LogP contribution is -2.40. The van der Waals surface area contributed by atoms with E-state index >= 15 is 0 Å². The molecule has 7 heteroatoms. The van der Waals surface area contributed by atoms with Crippen LogP contribution in [-0.2, 0) is 6.54 Å². The lowest BCUT2D eigenvalue weighted by atomic mass is 9.91. The lowest BCUT2D eigenvalue weighted by Gasteiger charge is -2.36. The highest BCUT2D eigenvalue weighted by atomic mass is 79.9. The molecule has 1 aliphatic carbocycles. The van der Waals surface area contributed by atoms with Crippen LogP contribution in [0.3, 0.4) is 0 Å². The van der Waals surface area contributed by atoms with E-state index in [0.717, 1.165) is 21.6 Å². The lowest BCUT2D eigenvalue weighted by molar-refractivity contribution is 0.0998. The number of rotatable bonds is 7. The number of aliphatic hydroxyl groups is 1. The van der Waals surface area contributed by atoms with Gasteiger partial charge in [-0.1, -0.05) is 6.42 Å². The molecule has 0 amide bonds. The van der Waals surface area contributed by atoms with Gasteiger partial charge in [0.15, 0.2) is 0 Å². The molecule has 0 spiro atoms. The minimum absolute atomic E-state index is 0.224. The molecule has 3 rings (SSSR count). The fourth-order valence-electron chi connectivity index (χ4n) is 2.44. The Balaban J connectivity index is 1.66. The summed E-state index contributed by atoms with van der Waals surface area (Å²) in [6, 6.07) is 4.55. The molecule has 0 aromatic carbocycles. The molecular weight excluding hydrogens is 354 g/mol. The summed E-state index contributed by atoms with van der Waals surface area (Å²) in [4.78, 5) is 3.33. The van der Waals surface area contributed by atoms with E-state index in [2.05, 4.69) is 31.0 Å². The third-order valence-corrected chi connectivity index (χ3v) is 5.40. The predicted octanol–water partition coefficient (Wildman–Crippen LogP) is 3.30. The fourth-order valence-corrected chi connectivity index (χ4v) is 3.74. The molecule has 1 saturated carbocycles. The summed E-state index contributed by atoms with van der Waals surface area (Å²) in [6.45, 7) is 1.77. The Kier molecular flexibility index (Phi) is 5.05. The van der Waals surface area contributed by atoms with Gasteiger partial charge in [0.1, 0.15) is 0 Å². The quantitative estimate of drug-likeness (QED) is 0.808. The summed E-state index contributed by atoms with van der Waals surface area (Å²) in [7, 11) is 0. The number of nitrogens with zero attached hydrogens (tertiary/aromatic N) is 3. The van der Waals surface area contributed by atoms with Gasteiger partial charge in [-0.3, -0.25) is 4.90 Å². The molecule has 0 radical (unpaired) electrons. The molecule has 5 nitrogen and oxygen atoms in total. The van der Waals surface area contributed by atoms with Crippen molar-refractivity contribution >= 4 is 27.3 Å². The van der Waals surface area contributed by atoms with Gasteiger partial charge in [0.05, 0.1) is 15.2 Å². The van der Waals surface area contributed by atoms with E-state index in [1.807, 2.05) is 12.1 Å². The van der Waals surface area contributed by atoms with Crippen molar-refractivity contribution in [1.82, 2.24) is 15.1 Å². The zero-order chi connectivity index (χ0) is 14.7. The van der Waals surface area contributed by atoms with Gasteiger partial charge in [-0.15, -0.1) is 21.5 Å². The van der Waals surface area contributed by atoms with Crippen LogP contribution < -0.4 is 0 Å². The SMILES string of the molecule is OCCCN(Cc1nnc(-c2ccc(Br)s2)o1)C1CCC1. The summed E-state index contributed by atoms with van der Waals surface area (Å²) >= 11 is 5.02. The fraction of sp³-hybridized carbons (Fsp3) is 0.571. The smallest absolute Gasteiger partial charge is 0.257 e. The Bertz CT molecular complexity index is 582. The Morgan fingerprint density at radius 1 is 1.38 bits per heavy atom. The van der Waals surface area contributed by atoms with Crippen LogP contribution >= 0.6 is 27.3 Å². The molecule has 1 N–H and O–H groups in total. The van der Waals surface area contributed by atoms with Crippen molar-refractivity contribution in [3.05, 3.63) is 21.8 Å². The van der Waals surface area contributed by atoms with Crippen LogP contribution in [-0.4, -0.2) is 39.4 Å². The van der Waals surface area contributed by atoms with Gasteiger partial charge < -0.3 is 9.52 Å². The molecule has 1 fully saturated rings. The van der Waals surface area contributed by atoms with E-state index < -0.39 is 0 Å². The minimum atomic E-state index is 0.224. The van der Waals surface area contributed by atoms with Gasteiger partial charge in [0.25, 0.3) is 5.89 Å². The number of halogens is 1. The van der Waals surface area contributed by atoms with Crippen LogP contribution in [0.1, 0.15) is 31.6 Å². The van der Waals surface area contributed by atoms with Crippen LogP contribution in [0.5, 0.6) is 0 Å². The first kappa shape index (κ1) is 15.1. The second-order valence-electron chi connectivity index (χ2n) is 5.24. The first-order valence-corrected chi connectivity index (χ1v) is 8.80. The topological polar surface area (TPSA) is 62.4 Å². The number of thiophene rings is 1. The van der Waals surface area contributed by atoms with Crippen molar-refractivity contribution in [2.45, 2.75) is 38.3 Å². The summed E-state index contributed by atoms with van der Waals surface area (Å²) in [5.41, 5.74) is 0. The van der Waals surface area contributed by atoms with Crippen LogP contribution in [0.4, 0.5) is 0 Å². The maximum absolute atomic E-state index is 9.03. The maximum atomic E-state index is 9.03. The van der Waals surface area contributed by atoms with Crippen molar-refractivity contribution in [1.29, 1.82) is 0 Å². The molecule has 0 bridgehead atoms. The molecule has 0 saturated heterocycles. The van der Waals surface area contributed by atoms with Gasteiger partial charge in [-0.05, 0) is 47.3 Å². The Hall–Kier alpha value is -0.760. The van der Waals surface area contributed by atoms with Crippen LogP contribution in [0, 0.1) is 0 Å². The molecule has 2 aromatic rings. The highest BCUT2D eigenvalue weighted by molar-refractivity contribution is 9.11. The summed E-state index contributed by atoms with van der Waals surface area (Å²) in [6.07, 6.45) is 4.53. The standard InChI is InChI=1S/C14H18BrN3O2S/c15-12-6-5-11(21-12)14-17-16-13(20-14)9-18(7-2-8-19)10-3-1-4-10/h5-6,10,19H,1-4,7-9H2. The van der Waals surface area contributed by atoms with Crippen LogP contribution in [0.15, 0.2) is 20.3 Å². The van der Waals surface area contributed by atoms with Crippen LogP contribution in [0.25, 0.3) is 10.8 Å². The van der Waals surface area contributed by atoms with E-state index in [-0.39, 0.29) is 6.61 Å². The third kappa shape index (κ3) is 3.71. The zero-order valence-electron chi connectivity index (χ0n) is 11.7. The second kappa shape index (κ2) is 7.00. The summed E-state index contributed by atoms with van der Waals surface area (Å²) in [5, 5.41) is 17.3. The van der Waals surface area contributed by atoms with Crippen LogP contribution in [0.2, 0.25) is 0 Å². The van der Waals surface area contributed by atoms with E-state index in [0.29, 0.717) is 24.4 Å². The highest BCUT2D eigenvalue weighted by Gasteiger charge is 2.26. The van der Waals surface area contributed by atoms with Crippen molar-refractivity contribution in [3.63, 3.8) is 0 Å². The average molecular weight is 372 g/mol. The third-order valence-electron chi connectivity index (χ3n) is 3.78. The minimum Gasteiger partial charge on any atom is -0.419 e. The molecule has 2 heterocycles. The predicted molar refractivity (Wildman–Crippen MR) is 85.1 cm³/mol. The van der Waals surface area contributed by atoms with Gasteiger partial charge in [-0.25, -0.2) is 0 Å². The first-order valence-electron chi connectivity index (χ1n) is 7.19. The van der Waals surface area contributed by atoms with Crippen molar-refractivity contribution < 1.29 is 9.52 Å². The summed E-state index contributed by atoms with van der Waals surface area (Å²) in [5.74, 6) is 1.23. The molecule has 0 unspecified atom stereocenters. The van der Waals surface area contributed by atoms with E-state index in [1.165, 1.54) is 19.3 Å². The highest BCUT2D eigenvalue weighted by Crippen LogP contribution is 2.31. The van der Waals surface area contributed by atoms with Crippen molar-refractivity contribution in [2.75, 3.05) is 13.2 Å². The molecule has 2 aromatic heterocycles. The monoisotopic (exact) mass is 371 g/mol. The van der Waals surface area contributed by atoms with Gasteiger partial charge in [0, 0.05) is 19.2 Å². The Labute approximate surface area is 136 Å². The first-order chi connectivity index (χ1) is 10.3. The molecule has 114 valence electrons. The zero-order valence-corrected chi connectivity index (χ0v) is 14.1. The molecule has 0 atom stereocenters. The van der Waals surface area contributed by atoms with Gasteiger partial charge in [-0.2, -0.15) is 0 Å². The number of aromatic nitrogens is 2.